The summed E-state index contributed by atoms with van der Waals surface area (Å²) >= 11 is 5.97. The number of hydrogen-bond acceptors (Lipinski definition) is 3. The van der Waals surface area contributed by atoms with Crippen molar-refractivity contribution in [3.8, 4) is 0 Å². The van der Waals surface area contributed by atoms with E-state index in [0.29, 0.717) is 5.02 Å². The van der Waals surface area contributed by atoms with Gasteiger partial charge in [0, 0.05) is 28.0 Å². The molecule has 1 aromatic heterocycles. The number of nitrogens with one attached hydrogen (secondary N) is 1. The van der Waals surface area contributed by atoms with Crippen LogP contribution in [0.3, 0.4) is 0 Å². The summed E-state index contributed by atoms with van der Waals surface area (Å²) in [6.45, 7) is 0. The normalized spacial score (nSPS) is 10.6. The molecule has 4 heteroatoms. The number of nitrogens with two attached hydrogens (primary N) is 1. The third-order valence-corrected chi connectivity index (χ3v) is 3.11. The molecule has 0 bridgehead atoms. The minimum atomic E-state index is 0.685. The van der Waals surface area contributed by atoms with E-state index < -0.39 is 0 Å². The number of benzene rings is 2. The molecule has 0 saturated heterocycles. The third-order valence-electron chi connectivity index (χ3n) is 2.88. The maximum atomic E-state index is 5.97. The average Bonchev–Trinajstić information content (AvgIpc) is 2.39. The highest BCUT2D eigenvalue weighted by Gasteiger charge is 2.03. The van der Waals surface area contributed by atoms with Crippen LogP contribution >= 0.6 is 11.6 Å². The molecule has 0 fully saturated rings. The Morgan fingerprint density at radius 1 is 1.05 bits per heavy atom. The number of nitrogen functional groups attached to an aromatic ring is 1. The van der Waals surface area contributed by atoms with E-state index in [0.717, 1.165) is 28.0 Å². The topological polar surface area (TPSA) is 50.9 Å². The summed E-state index contributed by atoms with van der Waals surface area (Å²) in [5.41, 5.74) is 7.45. The van der Waals surface area contributed by atoms with Gasteiger partial charge >= 0.3 is 0 Å². The fourth-order valence-electron chi connectivity index (χ4n) is 1.99. The van der Waals surface area contributed by atoms with Gasteiger partial charge in [-0.15, -0.1) is 0 Å². The van der Waals surface area contributed by atoms with Crippen LogP contribution in [-0.4, -0.2) is 4.98 Å². The molecule has 3 aromatic rings. The van der Waals surface area contributed by atoms with Gasteiger partial charge in [-0.3, -0.25) is 0 Å². The summed E-state index contributed by atoms with van der Waals surface area (Å²) in [4.78, 5) is 4.36. The Morgan fingerprint density at radius 3 is 2.79 bits per heavy atom. The van der Waals surface area contributed by atoms with Gasteiger partial charge < -0.3 is 11.1 Å². The zero-order valence-corrected chi connectivity index (χ0v) is 10.9. The van der Waals surface area contributed by atoms with Crippen LogP contribution in [-0.2, 0) is 0 Å². The predicted octanol–water partition coefficient (Wildman–Crippen LogP) is 4.21. The first kappa shape index (κ1) is 11.8. The van der Waals surface area contributed by atoms with E-state index in [4.69, 9.17) is 17.3 Å². The Labute approximate surface area is 116 Å². The molecule has 3 rings (SSSR count). The first-order valence-corrected chi connectivity index (χ1v) is 6.27. The standard InChI is InChI=1S/C15H12ClN3/c16-11-2-1-3-13(8-11)19-15-14-9-12(17)5-4-10(14)6-7-18-15/h1-9H,17H2,(H,18,19). The number of rotatable bonds is 2. The first-order chi connectivity index (χ1) is 9.22. The van der Waals surface area contributed by atoms with Gasteiger partial charge in [-0.1, -0.05) is 23.7 Å². The number of pyridine rings is 1. The molecule has 0 atom stereocenters. The summed E-state index contributed by atoms with van der Waals surface area (Å²) in [5, 5.41) is 6.03. The van der Waals surface area contributed by atoms with E-state index in [9.17, 15) is 0 Å². The van der Waals surface area contributed by atoms with Crippen molar-refractivity contribution < 1.29 is 0 Å². The lowest BCUT2D eigenvalue weighted by atomic mass is 10.1. The van der Waals surface area contributed by atoms with Gasteiger partial charge in [0.2, 0.25) is 0 Å². The molecule has 0 aliphatic rings. The van der Waals surface area contributed by atoms with Gasteiger partial charge in [0.1, 0.15) is 5.82 Å². The molecular weight excluding hydrogens is 258 g/mol. The third kappa shape index (κ3) is 2.46. The van der Waals surface area contributed by atoms with Gasteiger partial charge in [-0.25, -0.2) is 4.98 Å². The SMILES string of the molecule is Nc1ccc2ccnc(Nc3cccc(Cl)c3)c2c1. The number of aromatic nitrogens is 1. The fourth-order valence-corrected chi connectivity index (χ4v) is 2.18. The lowest BCUT2D eigenvalue weighted by Crippen LogP contribution is -1.95. The van der Waals surface area contributed by atoms with Crippen molar-refractivity contribution in [3.63, 3.8) is 0 Å². The molecule has 19 heavy (non-hydrogen) atoms. The highest BCUT2D eigenvalue weighted by molar-refractivity contribution is 6.30. The second kappa shape index (κ2) is 4.78. The molecule has 3 N–H and O–H groups in total. The summed E-state index contributed by atoms with van der Waals surface area (Å²) in [6.07, 6.45) is 1.77. The van der Waals surface area contributed by atoms with E-state index in [1.807, 2.05) is 48.5 Å². The first-order valence-electron chi connectivity index (χ1n) is 5.89. The Kier molecular flexibility index (Phi) is 2.97. The average molecular weight is 270 g/mol. The van der Waals surface area contributed by atoms with Gasteiger partial charge in [-0.2, -0.15) is 0 Å². The van der Waals surface area contributed by atoms with Crippen molar-refractivity contribution in [2.24, 2.45) is 0 Å². The van der Waals surface area contributed by atoms with Gasteiger partial charge in [-0.05, 0) is 41.8 Å². The molecule has 3 nitrogen and oxygen atoms in total. The van der Waals surface area contributed by atoms with Crippen LogP contribution < -0.4 is 11.1 Å². The summed E-state index contributed by atoms with van der Waals surface area (Å²) in [5.74, 6) is 0.770. The second-order valence-electron chi connectivity index (χ2n) is 4.28. The van der Waals surface area contributed by atoms with E-state index in [1.54, 1.807) is 6.20 Å². The van der Waals surface area contributed by atoms with Crippen LogP contribution in [0.25, 0.3) is 10.8 Å². The van der Waals surface area contributed by atoms with E-state index >= 15 is 0 Å². The second-order valence-corrected chi connectivity index (χ2v) is 4.71. The minimum Gasteiger partial charge on any atom is -0.399 e. The molecule has 2 aromatic carbocycles. The van der Waals surface area contributed by atoms with Crippen molar-refractivity contribution >= 4 is 39.6 Å². The molecule has 1 heterocycles. The van der Waals surface area contributed by atoms with Crippen LogP contribution in [0.15, 0.2) is 54.7 Å². The molecule has 0 unspecified atom stereocenters. The van der Waals surface area contributed by atoms with Crippen LogP contribution in [0.2, 0.25) is 5.02 Å². The smallest absolute Gasteiger partial charge is 0.138 e. The zero-order chi connectivity index (χ0) is 13.2. The maximum absolute atomic E-state index is 5.97. The van der Waals surface area contributed by atoms with Crippen molar-refractivity contribution in [2.45, 2.75) is 0 Å². The van der Waals surface area contributed by atoms with Crippen molar-refractivity contribution in [3.05, 3.63) is 59.8 Å². The summed E-state index contributed by atoms with van der Waals surface area (Å²) in [6, 6.07) is 15.3. The van der Waals surface area contributed by atoms with Crippen molar-refractivity contribution in [2.75, 3.05) is 11.1 Å². The van der Waals surface area contributed by atoms with Gasteiger partial charge in [0.25, 0.3) is 0 Å². The number of nitrogens with zero attached hydrogens (tertiary/aromatic N) is 1. The molecule has 0 aliphatic heterocycles. The van der Waals surface area contributed by atoms with Crippen LogP contribution in [0.4, 0.5) is 17.2 Å². The highest BCUT2D eigenvalue weighted by atomic mass is 35.5. The lowest BCUT2D eigenvalue weighted by molar-refractivity contribution is 1.34. The quantitative estimate of drug-likeness (QED) is 0.685. The summed E-state index contributed by atoms with van der Waals surface area (Å²) in [7, 11) is 0. The van der Waals surface area contributed by atoms with Crippen LogP contribution in [0.5, 0.6) is 0 Å². The minimum absolute atomic E-state index is 0.685. The molecule has 0 radical (unpaired) electrons. The zero-order valence-electron chi connectivity index (χ0n) is 10.1. The molecular formula is C15H12ClN3. The van der Waals surface area contributed by atoms with Crippen molar-refractivity contribution in [1.82, 2.24) is 4.98 Å². The monoisotopic (exact) mass is 269 g/mol. The largest absolute Gasteiger partial charge is 0.399 e. The molecule has 0 saturated carbocycles. The Hall–Kier alpha value is -2.26. The lowest BCUT2D eigenvalue weighted by Gasteiger charge is -2.09. The molecule has 94 valence electrons. The Morgan fingerprint density at radius 2 is 1.95 bits per heavy atom. The Bertz CT molecular complexity index is 740. The van der Waals surface area contributed by atoms with Crippen LogP contribution in [0, 0.1) is 0 Å². The van der Waals surface area contributed by atoms with Crippen molar-refractivity contribution in [1.29, 1.82) is 0 Å². The summed E-state index contributed by atoms with van der Waals surface area (Å²) < 4.78 is 0. The predicted molar refractivity (Wildman–Crippen MR) is 80.9 cm³/mol. The van der Waals surface area contributed by atoms with E-state index in [-0.39, 0.29) is 0 Å². The number of hydrogen-bond donors (Lipinski definition) is 2. The van der Waals surface area contributed by atoms with E-state index in [2.05, 4.69) is 10.3 Å². The number of anilines is 3. The highest BCUT2D eigenvalue weighted by Crippen LogP contribution is 2.26. The molecule has 0 spiro atoms. The van der Waals surface area contributed by atoms with Crippen LogP contribution in [0.1, 0.15) is 0 Å². The number of halogens is 1. The van der Waals surface area contributed by atoms with E-state index in [1.165, 1.54) is 0 Å². The fraction of sp³-hybridized carbons (Fsp3) is 0. The van der Waals surface area contributed by atoms with Gasteiger partial charge in [0.05, 0.1) is 0 Å². The number of fused-ring (bicyclic) bond motifs is 1. The maximum Gasteiger partial charge on any atom is 0.138 e. The Balaban J connectivity index is 2.07. The molecule has 0 aliphatic carbocycles. The molecule has 0 amide bonds. The van der Waals surface area contributed by atoms with Gasteiger partial charge in [0.15, 0.2) is 0 Å².